The van der Waals surface area contributed by atoms with Crippen molar-refractivity contribution in [3.05, 3.63) is 33.5 Å². The van der Waals surface area contributed by atoms with Crippen molar-refractivity contribution in [3.8, 4) is 0 Å². The fourth-order valence-corrected chi connectivity index (χ4v) is 1.40. The summed E-state index contributed by atoms with van der Waals surface area (Å²) >= 11 is 8.99. The van der Waals surface area contributed by atoms with Crippen LogP contribution in [0.15, 0.2) is 22.8 Å². The van der Waals surface area contributed by atoms with Crippen LogP contribution >= 0.6 is 27.5 Å². The van der Waals surface area contributed by atoms with E-state index in [-0.39, 0.29) is 0 Å². The number of hydrogen-bond donors (Lipinski definition) is 0. The van der Waals surface area contributed by atoms with E-state index in [0.29, 0.717) is 15.3 Å². The van der Waals surface area contributed by atoms with Crippen LogP contribution in [0, 0.1) is 0 Å². The molecule has 0 aliphatic rings. The Kier molecular flexibility index (Phi) is 4.10. The number of methoxy groups -OCH3 is 1. The Labute approximate surface area is 94.9 Å². The number of hydrogen-bond acceptors (Lipinski definition) is 3. The molecule has 1 aromatic heterocycles. The van der Waals surface area contributed by atoms with Crippen molar-refractivity contribution in [3.63, 3.8) is 0 Å². The number of carbonyl (C=O) groups is 1. The lowest BCUT2D eigenvalue weighted by molar-refractivity contribution is -0.134. The van der Waals surface area contributed by atoms with E-state index in [9.17, 15) is 4.79 Å². The minimum atomic E-state index is -0.427. The van der Waals surface area contributed by atoms with Crippen molar-refractivity contribution in [1.82, 2.24) is 4.98 Å². The molecule has 0 amide bonds. The molecular weight excluding hydrogens is 269 g/mol. The monoisotopic (exact) mass is 275 g/mol. The third-order valence-corrected chi connectivity index (χ3v) is 2.19. The fraction of sp³-hybridized carbons (Fsp3) is 0.111. The van der Waals surface area contributed by atoms with E-state index in [2.05, 4.69) is 25.7 Å². The summed E-state index contributed by atoms with van der Waals surface area (Å²) in [5, 5.41) is 0.333. The van der Waals surface area contributed by atoms with Gasteiger partial charge in [0, 0.05) is 11.6 Å². The van der Waals surface area contributed by atoms with E-state index in [0.717, 1.165) is 0 Å². The lowest BCUT2D eigenvalue weighted by atomic mass is 10.2. The minimum absolute atomic E-state index is 0.333. The first kappa shape index (κ1) is 11.2. The van der Waals surface area contributed by atoms with Gasteiger partial charge in [0.15, 0.2) is 0 Å². The Bertz CT molecular complexity index is 379. The molecule has 0 saturated heterocycles. The molecule has 0 fully saturated rings. The highest BCUT2D eigenvalue weighted by Crippen LogP contribution is 2.18. The molecule has 1 rings (SSSR count). The molecule has 0 bridgehead atoms. The molecule has 0 aromatic carbocycles. The van der Waals surface area contributed by atoms with Crippen molar-refractivity contribution in [2.75, 3.05) is 7.11 Å². The second kappa shape index (κ2) is 5.12. The summed E-state index contributed by atoms with van der Waals surface area (Å²) in [7, 11) is 1.31. The fourth-order valence-electron chi connectivity index (χ4n) is 0.773. The molecule has 1 heterocycles. The molecule has 1 aromatic rings. The lowest BCUT2D eigenvalue weighted by Gasteiger charge is -1.97. The summed E-state index contributed by atoms with van der Waals surface area (Å²) < 4.78 is 5.09. The van der Waals surface area contributed by atoms with Gasteiger partial charge in [-0.2, -0.15) is 0 Å². The van der Waals surface area contributed by atoms with Crippen LogP contribution in [0.2, 0.25) is 5.15 Å². The molecule has 0 atom stereocenters. The molecule has 5 heteroatoms. The zero-order chi connectivity index (χ0) is 10.6. The first-order valence-electron chi connectivity index (χ1n) is 3.71. The van der Waals surface area contributed by atoms with Gasteiger partial charge in [0.2, 0.25) is 0 Å². The maximum atomic E-state index is 10.8. The van der Waals surface area contributed by atoms with Gasteiger partial charge in [-0.1, -0.05) is 11.6 Å². The number of aromatic nitrogens is 1. The molecule has 0 N–H and O–H groups in total. The van der Waals surface area contributed by atoms with Gasteiger partial charge in [-0.25, -0.2) is 9.78 Å². The second-order valence-corrected chi connectivity index (χ2v) is 3.54. The largest absolute Gasteiger partial charge is 0.466 e. The SMILES string of the molecule is COC(=O)/C=C/c1ccc(Br)nc1Cl. The summed E-state index contributed by atoms with van der Waals surface area (Å²) in [5.41, 5.74) is 0.667. The van der Waals surface area contributed by atoms with Crippen LogP contribution in [0.25, 0.3) is 6.08 Å². The van der Waals surface area contributed by atoms with Crippen molar-refractivity contribution >= 4 is 39.6 Å². The summed E-state index contributed by atoms with van der Waals surface area (Å²) in [5.74, 6) is -0.427. The average molecular weight is 277 g/mol. The van der Waals surface area contributed by atoms with E-state index in [4.69, 9.17) is 11.6 Å². The van der Waals surface area contributed by atoms with Crippen molar-refractivity contribution in [2.24, 2.45) is 0 Å². The van der Waals surface area contributed by atoms with Crippen LogP contribution in [0.5, 0.6) is 0 Å². The maximum absolute atomic E-state index is 10.8. The number of halogens is 2. The summed E-state index contributed by atoms with van der Waals surface area (Å²) in [6, 6.07) is 3.49. The number of carbonyl (C=O) groups excluding carboxylic acids is 1. The summed E-state index contributed by atoms with van der Waals surface area (Å²) in [4.78, 5) is 14.7. The predicted octanol–water partition coefficient (Wildman–Crippen LogP) is 2.68. The van der Waals surface area contributed by atoms with Gasteiger partial charge in [-0.15, -0.1) is 0 Å². The normalized spacial score (nSPS) is 10.5. The van der Waals surface area contributed by atoms with Crippen LogP contribution in [0.4, 0.5) is 0 Å². The molecule has 0 radical (unpaired) electrons. The van der Waals surface area contributed by atoms with Crippen LogP contribution < -0.4 is 0 Å². The zero-order valence-electron chi connectivity index (χ0n) is 7.33. The van der Waals surface area contributed by atoms with Gasteiger partial charge < -0.3 is 4.74 Å². The van der Waals surface area contributed by atoms with Crippen LogP contribution in [-0.2, 0) is 9.53 Å². The number of pyridine rings is 1. The summed E-state index contributed by atoms with van der Waals surface area (Å²) in [6.07, 6.45) is 2.84. The van der Waals surface area contributed by atoms with Gasteiger partial charge >= 0.3 is 5.97 Å². The highest BCUT2D eigenvalue weighted by atomic mass is 79.9. The van der Waals surface area contributed by atoms with Crippen LogP contribution in [0.1, 0.15) is 5.56 Å². The van der Waals surface area contributed by atoms with E-state index in [1.54, 1.807) is 18.2 Å². The Hall–Kier alpha value is -0.870. The van der Waals surface area contributed by atoms with E-state index in [1.165, 1.54) is 13.2 Å². The molecular formula is C9H7BrClNO2. The number of ether oxygens (including phenoxy) is 1. The quantitative estimate of drug-likeness (QED) is 0.474. The minimum Gasteiger partial charge on any atom is -0.466 e. The van der Waals surface area contributed by atoms with E-state index in [1.807, 2.05) is 0 Å². The smallest absolute Gasteiger partial charge is 0.330 e. The number of rotatable bonds is 2. The van der Waals surface area contributed by atoms with Gasteiger partial charge in [0.1, 0.15) is 9.76 Å². The highest BCUT2D eigenvalue weighted by Gasteiger charge is 1.99. The van der Waals surface area contributed by atoms with Gasteiger partial charge in [0.25, 0.3) is 0 Å². The van der Waals surface area contributed by atoms with Crippen LogP contribution in [-0.4, -0.2) is 18.1 Å². The Balaban J connectivity index is 2.87. The molecule has 14 heavy (non-hydrogen) atoms. The second-order valence-electron chi connectivity index (χ2n) is 2.37. The topological polar surface area (TPSA) is 39.2 Å². The molecule has 3 nitrogen and oxygen atoms in total. The number of esters is 1. The van der Waals surface area contributed by atoms with Crippen molar-refractivity contribution < 1.29 is 9.53 Å². The molecule has 0 aliphatic carbocycles. The first-order valence-corrected chi connectivity index (χ1v) is 4.88. The van der Waals surface area contributed by atoms with Crippen LogP contribution in [0.3, 0.4) is 0 Å². The Morgan fingerprint density at radius 1 is 1.64 bits per heavy atom. The lowest BCUT2D eigenvalue weighted by Crippen LogP contribution is -1.93. The highest BCUT2D eigenvalue weighted by molar-refractivity contribution is 9.10. The zero-order valence-corrected chi connectivity index (χ0v) is 9.67. The average Bonchev–Trinajstić information content (AvgIpc) is 2.16. The van der Waals surface area contributed by atoms with Gasteiger partial charge in [-0.3, -0.25) is 0 Å². The molecule has 74 valence electrons. The summed E-state index contributed by atoms with van der Waals surface area (Å²) in [6.45, 7) is 0. The Morgan fingerprint density at radius 3 is 2.93 bits per heavy atom. The van der Waals surface area contributed by atoms with Gasteiger partial charge in [0.05, 0.1) is 7.11 Å². The first-order chi connectivity index (χ1) is 6.63. The molecule has 0 saturated carbocycles. The standard InChI is InChI=1S/C9H7BrClNO2/c1-14-8(13)5-3-6-2-4-7(10)12-9(6)11/h2-5H,1H3/b5-3+. The number of nitrogens with zero attached hydrogens (tertiary/aromatic N) is 1. The third kappa shape index (κ3) is 3.12. The molecule has 0 spiro atoms. The third-order valence-electron chi connectivity index (χ3n) is 1.44. The molecule has 0 unspecified atom stereocenters. The predicted molar refractivity (Wildman–Crippen MR) is 58.0 cm³/mol. The van der Waals surface area contributed by atoms with E-state index < -0.39 is 5.97 Å². The Morgan fingerprint density at radius 2 is 2.36 bits per heavy atom. The van der Waals surface area contributed by atoms with Crippen molar-refractivity contribution in [2.45, 2.75) is 0 Å². The van der Waals surface area contributed by atoms with E-state index >= 15 is 0 Å². The van der Waals surface area contributed by atoms with Gasteiger partial charge in [-0.05, 0) is 34.1 Å². The molecule has 0 aliphatic heterocycles. The van der Waals surface area contributed by atoms with Crippen molar-refractivity contribution in [1.29, 1.82) is 0 Å². The maximum Gasteiger partial charge on any atom is 0.330 e.